The molecule has 0 saturated carbocycles. The van der Waals surface area contributed by atoms with Gasteiger partial charge in [-0.15, -0.1) is 0 Å². The molecular weight excluding hydrogens is 324 g/mol. The van der Waals surface area contributed by atoms with Crippen LogP contribution in [0.5, 0.6) is 5.75 Å². The summed E-state index contributed by atoms with van der Waals surface area (Å²) in [5, 5.41) is 14.1. The first kappa shape index (κ1) is 17.1. The number of aliphatic hydroxyl groups excluding tert-OH is 1. The highest BCUT2D eigenvalue weighted by Crippen LogP contribution is 2.12. The molecule has 0 bridgehead atoms. The molecule has 1 atom stereocenters. The summed E-state index contributed by atoms with van der Waals surface area (Å²) in [6.45, 7) is 2.61. The van der Waals surface area contributed by atoms with E-state index in [1.165, 1.54) is 16.9 Å². The number of nitrogens with zero attached hydrogens (tertiary/aromatic N) is 4. The minimum Gasteiger partial charge on any atom is -0.497 e. The van der Waals surface area contributed by atoms with Gasteiger partial charge in [0.2, 0.25) is 5.78 Å². The summed E-state index contributed by atoms with van der Waals surface area (Å²) < 4.78 is 13.6. The minimum absolute atomic E-state index is 0.165. The Morgan fingerprint density at radius 1 is 1.28 bits per heavy atom. The average Bonchev–Trinajstić information content (AvgIpc) is 3.09. The Labute approximate surface area is 144 Å². The molecule has 2 aromatic heterocycles. The van der Waals surface area contributed by atoms with Gasteiger partial charge in [0.25, 0.3) is 5.56 Å². The fourth-order valence-corrected chi connectivity index (χ4v) is 2.57. The Balaban J connectivity index is 1.60. The maximum absolute atomic E-state index is 11.8. The molecule has 8 heteroatoms. The molecular formula is C17H20N4O4. The molecule has 132 valence electrons. The number of benzene rings is 1. The van der Waals surface area contributed by atoms with Crippen molar-refractivity contribution < 1.29 is 14.6 Å². The van der Waals surface area contributed by atoms with Crippen molar-refractivity contribution in [2.24, 2.45) is 0 Å². The van der Waals surface area contributed by atoms with Crippen LogP contribution < -0.4 is 10.3 Å². The van der Waals surface area contributed by atoms with Gasteiger partial charge in [-0.1, -0.05) is 12.1 Å². The molecule has 3 aromatic rings. The lowest BCUT2D eigenvalue weighted by Crippen LogP contribution is -2.27. The molecule has 0 radical (unpaired) electrons. The van der Waals surface area contributed by atoms with Gasteiger partial charge in [-0.2, -0.15) is 14.6 Å². The van der Waals surface area contributed by atoms with E-state index in [-0.39, 0.29) is 18.7 Å². The SMILES string of the molecule is COc1ccc(COCC(O)Cn2c(C)cc(=O)n3ncnc23)cc1. The van der Waals surface area contributed by atoms with Crippen LogP contribution in [0.3, 0.4) is 0 Å². The summed E-state index contributed by atoms with van der Waals surface area (Å²) in [5.74, 6) is 1.19. The number of fused-ring (bicyclic) bond motifs is 1. The highest BCUT2D eigenvalue weighted by atomic mass is 16.5. The zero-order valence-electron chi connectivity index (χ0n) is 14.1. The van der Waals surface area contributed by atoms with Gasteiger partial charge >= 0.3 is 0 Å². The average molecular weight is 344 g/mol. The summed E-state index contributed by atoms with van der Waals surface area (Å²) in [7, 11) is 1.62. The molecule has 25 heavy (non-hydrogen) atoms. The molecule has 3 rings (SSSR count). The molecule has 0 saturated heterocycles. The van der Waals surface area contributed by atoms with Crippen molar-refractivity contribution in [1.82, 2.24) is 19.2 Å². The second-order valence-electron chi connectivity index (χ2n) is 5.72. The van der Waals surface area contributed by atoms with E-state index in [4.69, 9.17) is 9.47 Å². The van der Waals surface area contributed by atoms with Crippen LogP contribution in [0.4, 0.5) is 0 Å². The lowest BCUT2D eigenvalue weighted by Gasteiger charge is -2.16. The number of methoxy groups -OCH3 is 1. The smallest absolute Gasteiger partial charge is 0.275 e. The Morgan fingerprint density at radius 3 is 2.76 bits per heavy atom. The van der Waals surface area contributed by atoms with Gasteiger partial charge in [-0.3, -0.25) is 4.79 Å². The molecule has 1 unspecified atom stereocenters. The fraction of sp³-hybridized carbons (Fsp3) is 0.353. The second kappa shape index (κ2) is 7.45. The quantitative estimate of drug-likeness (QED) is 0.681. The van der Waals surface area contributed by atoms with E-state index in [1.807, 2.05) is 24.3 Å². The predicted molar refractivity (Wildman–Crippen MR) is 90.6 cm³/mol. The molecule has 0 fully saturated rings. The highest BCUT2D eigenvalue weighted by Gasteiger charge is 2.12. The number of hydrogen-bond acceptors (Lipinski definition) is 6. The van der Waals surface area contributed by atoms with E-state index < -0.39 is 6.10 Å². The highest BCUT2D eigenvalue weighted by molar-refractivity contribution is 5.29. The van der Waals surface area contributed by atoms with Crippen molar-refractivity contribution in [3.63, 3.8) is 0 Å². The van der Waals surface area contributed by atoms with Crippen LogP contribution in [0.25, 0.3) is 5.78 Å². The van der Waals surface area contributed by atoms with Crippen molar-refractivity contribution in [2.75, 3.05) is 13.7 Å². The third kappa shape index (κ3) is 3.86. The Morgan fingerprint density at radius 2 is 2.04 bits per heavy atom. The molecule has 0 aliphatic rings. The van der Waals surface area contributed by atoms with E-state index in [0.29, 0.717) is 18.1 Å². The summed E-state index contributed by atoms with van der Waals surface area (Å²) in [4.78, 5) is 15.9. The number of rotatable bonds is 7. The Bertz CT molecular complexity index is 901. The van der Waals surface area contributed by atoms with Crippen LogP contribution in [0, 0.1) is 6.92 Å². The fourth-order valence-electron chi connectivity index (χ4n) is 2.57. The molecule has 0 spiro atoms. The van der Waals surface area contributed by atoms with Crippen LogP contribution in [0.15, 0.2) is 41.5 Å². The topological polar surface area (TPSA) is 90.9 Å². The summed E-state index contributed by atoms with van der Waals surface area (Å²) in [6.07, 6.45) is 0.583. The van der Waals surface area contributed by atoms with E-state index in [0.717, 1.165) is 11.3 Å². The molecule has 8 nitrogen and oxygen atoms in total. The molecule has 0 aliphatic carbocycles. The number of aromatic nitrogens is 4. The van der Waals surface area contributed by atoms with Crippen LogP contribution in [-0.4, -0.2) is 44.1 Å². The van der Waals surface area contributed by atoms with Crippen LogP contribution >= 0.6 is 0 Å². The monoisotopic (exact) mass is 344 g/mol. The summed E-state index contributed by atoms with van der Waals surface area (Å²) in [5.41, 5.74) is 1.46. The minimum atomic E-state index is -0.736. The summed E-state index contributed by atoms with van der Waals surface area (Å²) in [6, 6.07) is 9.02. The molecule has 1 N–H and O–H groups in total. The number of aryl methyl sites for hydroxylation is 1. The van der Waals surface area contributed by atoms with Gasteiger partial charge in [-0.25, -0.2) is 0 Å². The first-order chi connectivity index (χ1) is 12.1. The number of aliphatic hydroxyl groups is 1. The lowest BCUT2D eigenvalue weighted by molar-refractivity contribution is 0.0204. The maximum atomic E-state index is 11.8. The van der Waals surface area contributed by atoms with Gasteiger partial charge < -0.3 is 19.1 Å². The molecule has 0 amide bonds. The van der Waals surface area contributed by atoms with Crippen molar-refractivity contribution in [3.05, 3.63) is 58.3 Å². The first-order valence-corrected chi connectivity index (χ1v) is 7.87. The number of hydrogen-bond donors (Lipinski definition) is 1. The van der Waals surface area contributed by atoms with Crippen molar-refractivity contribution in [3.8, 4) is 5.75 Å². The van der Waals surface area contributed by atoms with Gasteiger partial charge in [-0.05, 0) is 24.6 Å². The zero-order valence-corrected chi connectivity index (χ0v) is 14.1. The Hall–Kier alpha value is -2.71. The van der Waals surface area contributed by atoms with Crippen molar-refractivity contribution in [2.45, 2.75) is 26.2 Å². The van der Waals surface area contributed by atoms with E-state index >= 15 is 0 Å². The molecule has 2 heterocycles. The second-order valence-corrected chi connectivity index (χ2v) is 5.72. The van der Waals surface area contributed by atoms with Gasteiger partial charge in [0.15, 0.2) is 0 Å². The molecule has 0 aliphatic heterocycles. The van der Waals surface area contributed by atoms with E-state index in [2.05, 4.69) is 10.1 Å². The standard InChI is InChI=1S/C17H20N4O4/c1-12-7-16(23)21-17(18-11-19-21)20(12)8-14(22)10-25-9-13-3-5-15(24-2)6-4-13/h3-7,11,14,22H,8-10H2,1-2H3. The predicted octanol–water partition coefficient (Wildman–Crippen LogP) is 0.786. The Kier molecular flexibility index (Phi) is 5.11. The van der Waals surface area contributed by atoms with Gasteiger partial charge in [0, 0.05) is 11.8 Å². The third-order valence-electron chi connectivity index (χ3n) is 3.87. The van der Waals surface area contributed by atoms with Crippen molar-refractivity contribution >= 4 is 5.78 Å². The normalized spacial score (nSPS) is 12.4. The third-order valence-corrected chi connectivity index (χ3v) is 3.87. The van der Waals surface area contributed by atoms with E-state index in [9.17, 15) is 9.90 Å². The van der Waals surface area contributed by atoms with Crippen LogP contribution in [-0.2, 0) is 17.9 Å². The van der Waals surface area contributed by atoms with Gasteiger partial charge in [0.1, 0.15) is 12.1 Å². The zero-order chi connectivity index (χ0) is 17.8. The molecule has 1 aromatic carbocycles. The van der Waals surface area contributed by atoms with Gasteiger partial charge in [0.05, 0.1) is 33.0 Å². The number of ether oxygens (including phenoxy) is 2. The van der Waals surface area contributed by atoms with Crippen molar-refractivity contribution in [1.29, 1.82) is 0 Å². The van der Waals surface area contributed by atoms with Crippen LogP contribution in [0.1, 0.15) is 11.3 Å². The largest absolute Gasteiger partial charge is 0.497 e. The maximum Gasteiger partial charge on any atom is 0.275 e. The lowest BCUT2D eigenvalue weighted by atomic mass is 10.2. The first-order valence-electron chi connectivity index (χ1n) is 7.87. The van der Waals surface area contributed by atoms with E-state index in [1.54, 1.807) is 18.6 Å². The summed E-state index contributed by atoms with van der Waals surface area (Å²) >= 11 is 0. The van der Waals surface area contributed by atoms with Crippen LogP contribution in [0.2, 0.25) is 0 Å².